The zero-order valence-electron chi connectivity index (χ0n) is 16.6. The molecule has 0 radical (unpaired) electrons. The highest BCUT2D eigenvalue weighted by molar-refractivity contribution is 5.76. The van der Waals surface area contributed by atoms with Crippen LogP contribution in [0.2, 0.25) is 0 Å². The number of rotatable bonds is 6. The molecule has 3 aliphatic rings. The fraction of sp³-hybridized carbons (Fsp3) is 0.727. The Hall–Kier alpha value is -1.46. The standard InChI is InChI=1S/C22H33N3O2/c1-27-20-16-25(22(20)18-8-12-23-13-9-18)19-10-14-24(15-11-19)21(26)7-6-17-4-2-3-5-17/h8-9,12-13,17,19-20,22H,2-7,10-11,14-16H2,1H3/t20-,22-/m0/s1. The van der Waals surface area contributed by atoms with E-state index in [2.05, 4.69) is 26.9 Å². The second-order valence-corrected chi connectivity index (χ2v) is 8.50. The molecule has 0 bridgehead atoms. The largest absolute Gasteiger partial charge is 0.378 e. The van der Waals surface area contributed by atoms with Crippen molar-refractivity contribution >= 4 is 5.91 Å². The molecule has 1 aliphatic carbocycles. The van der Waals surface area contributed by atoms with Crippen LogP contribution in [0.4, 0.5) is 0 Å². The van der Waals surface area contributed by atoms with E-state index in [4.69, 9.17) is 4.74 Å². The Kier molecular flexibility index (Phi) is 6.08. The van der Waals surface area contributed by atoms with Crippen LogP contribution in [0.1, 0.15) is 63.0 Å². The van der Waals surface area contributed by atoms with Crippen molar-refractivity contribution in [3.8, 4) is 0 Å². The van der Waals surface area contributed by atoms with Gasteiger partial charge in [0.15, 0.2) is 0 Å². The van der Waals surface area contributed by atoms with E-state index in [-0.39, 0.29) is 6.10 Å². The summed E-state index contributed by atoms with van der Waals surface area (Å²) in [6.07, 6.45) is 13.4. The predicted octanol–water partition coefficient (Wildman–Crippen LogP) is 3.41. The van der Waals surface area contributed by atoms with Gasteiger partial charge in [-0.2, -0.15) is 0 Å². The molecule has 1 saturated carbocycles. The lowest BCUT2D eigenvalue weighted by molar-refractivity contribution is -0.138. The van der Waals surface area contributed by atoms with Gasteiger partial charge in [-0.05, 0) is 42.9 Å². The predicted molar refractivity (Wildman–Crippen MR) is 105 cm³/mol. The molecular formula is C22H33N3O2. The monoisotopic (exact) mass is 371 g/mol. The van der Waals surface area contributed by atoms with Crippen molar-refractivity contribution in [2.75, 3.05) is 26.7 Å². The Morgan fingerprint density at radius 1 is 1.15 bits per heavy atom. The van der Waals surface area contributed by atoms with Crippen LogP contribution in [0.3, 0.4) is 0 Å². The van der Waals surface area contributed by atoms with Crippen molar-refractivity contribution in [2.45, 2.75) is 69.6 Å². The van der Waals surface area contributed by atoms with Gasteiger partial charge in [0.25, 0.3) is 0 Å². The third kappa shape index (κ3) is 4.19. The van der Waals surface area contributed by atoms with Gasteiger partial charge in [0, 0.05) is 51.6 Å². The summed E-state index contributed by atoms with van der Waals surface area (Å²) in [5.41, 5.74) is 1.29. The molecule has 3 fully saturated rings. The molecule has 2 saturated heterocycles. The molecule has 0 unspecified atom stereocenters. The van der Waals surface area contributed by atoms with Gasteiger partial charge in [-0.25, -0.2) is 0 Å². The van der Waals surface area contributed by atoms with E-state index in [1.165, 1.54) is 31.2 Å². The van der Waals surface area contributed by atoms with Crippen molar-refractivity contribution < 1.29 is 9.53 Å². The van der Waals surface area contributed by atoms with Crippen LogP contribution >= 0.6 is 0 Å². The van der Waals surface area contributed by atoms with Crippen LogP contribution in [-0.4, -0.2) is 59.6 Å². The van der Waals surface area contributed by atoms with Gasteiger partial charge in [0.1, 0.15) is 0 Å². The summed E-state index contributed by atoms with van der Waals surface area (Å²) in [5, 5.41) is 0. The van der Waals surface area contributed by atoms with E-state index >= 15 is 0 Å². The van der Waals surface area contributed by atoms with Crippen molar-refractivity contribution in [2.24, 2.45) is 5.92 Å². The third-order valence-corrected chi connectivity index (χ3v) is 6.98. The number of hydrogen-bond acceptors (Lipinski definition) is 4. The summed E-state index contributed by atoms with van der Waals surface area (Å²) in [5.74, 6) is 1.18. The van der Waals surface area contributed by atoms with Gasteiger partial charge in [-0.1, -0.05) is 25.7 Å². The average Bonchev–Trinajstić information content (AvgIpc) is 3.21. The van der Waals surface area contributed by atoms with Crippen LogP contribution in [0.5, 0.6) is 0 Å². The highest BCUT2D eigenvalue weighted by Gasteiger charge is 2.44. The minimum Gasteiger partial charge on any atom is -0.378 e. The number of hydrogen-bond donors (Lipinski definition) is 0. The molecule has 0 spiro atoms. The Labute approximate surface area is 163 Å². The molecular weight excluding hydrogens is 338 g/mol. The smallest absolute Gasteiger partial charge is 0.222 e. The first-order chi connectivity index (χ1) is 13.3. The number of amides is 1. The molecule has 2 atom stereocenters. The van der Waals surface area contributed by atoms with E-state index in [1.54, 1.807) is 0 Å². The molecule has 1 amide bonds. The number of methoxy groups -OCH3 is 1. The fourth-order valence-electron chi connectivity index (χ4n) is 5.27. The van der Waals surface area contributed by atoms with Crippen LogP contribution < -0.4 is 0 Å². The highest BCUT2D eigenvalue weighted by atomic mass is 16.5. The fourth-order valence-corrected chi connectivity index (χ4v) is 5.27. The van der Waals surface area contributed by atoms with E-state index in [9.17, 15) is 4.79 Å². The maximum absolute atomic E-state index is 12.6. The summed E-state index contributed by atoms with van der Waals surface area (Å²) in [6, 6.07) is 5.08. The normalized spacial score (nSPS) is 27.7. The zero-order chi connectivity index (χ0) is 18.6. The van der Waals surface area contributed by atoms with Crippen LogP contribution in [0.25, 0.3) is 0 Å². The van der Waals surface area contributed by atoms with Gasteiger partial charge in [-0.3, -0.25) is 14.7 Å². The second kappa shape index (κ2) is 8.70. The van der Waals surface area contributed by atoms with Crippen LogP contribution in [0.15, 0.2) is 24.5 Å². The lowest BCUT2D eigenvalue weighted by atomic mass is 9.87. The number of carbonyl (C=O) groups is 1. The highest BCUT2D eigenvalue weighted by Crippen LogP contribution is 2.39. The Bertz CT molecular complexity index is 609. The topological polar surface area (TPSA) is 45.7 Å². The number of ether oxygens (including phenoxy) is 1. The quantitative estimate of drug-likeness (QED) is 0.769. The van der Waals surface area contributed by atoms with E-state index in [1.807, 2.05) is 19.5 Å². The summed E-state index contributed by atoms with van der Waals surface area (Å²) < 4.78 is 5.69. The molecule has 0 aromatic carbocycles. The molecule has 3 heterocycles. The first kappa shape index (κ1) is 18.9. The number of carbonyl (C=O) groups excluding carboxylic acids is 1. The van der Waals surface area contributed by atoms with Gasteiger partial charge >= 0.3 is 0 Å². The number of piperidine rings is 1. The van der Waals surface area contributed by atoms with Crippen molar-refractivity contribution in [3.63, 3.8) is 0 Å². The molecule has 2 aliphatic heterocycles. The maximum atomic E-state index is 12.6. The van der Waals surface area contributed by atoms with Crippen molar-refractivity contribution in [1.29, 1.82) is 0 Å². The summed E-state index contributed by atoms with van der Waals surface area (Å²) in [7, 11) is 1.81. The number of aromatic nitrogens is 1. The van der Waals surface area contributed by atoms with Crippen molar-refractivity contribution in [1.82, 2.24) is 14.8 Å². The number of likely N-dealkylation sites (tertiary alicyclic amines) is 2. The molecule has 4 rings (SSSR count). The lowest BCUT2D eigenvalue weighted by Gasteiger charge is -2.53. The van der Waals surface area contributed by atoms with Gasteiger partial charge in [0.05, 0.1) is 12.1 Å². The van der Waals surface area contributed by atoms with E-state index < -0.39 is 0 Å². The molecule has 5 heteroatoms. The second-order valence-electron chi connectivity index (χ2n) is 8.50. The van der Waals surface area contributed by atoms with Crippen LogP contribution in [0, 0.1) is 5.92 Å². The lowest BCUT2D eigenvalue weighted by Crippen LogP contribution is -2.60. The molecule has 148 valence electrons. The molecule has 1 aromatic rings. The molecule has 5 nitrogen and oxygen atoms in total. The first-order valence-electron chi connectivity index (χ1n) is 10.7. The van der Waals surface area contributed by atoms with Gasteiger partial charge in [0.2, 0.25) is 5.91 Å². The molecule has 27 heavy (non-hydrogen) atoms. The Balaban J connectivity index is 1.28. The van der Waals surface area contributed by atoms with Gasteiger partial charge in [-0.15, -0.1) is 0 Å². The average molecular weight is 372 g/mol. The maximum Gasteiger partial charge on any atom is 0.222 e. The van der Waals surface area contributed by atoms with Gasteiger partial charge < -0.3 is 9.64 Å². The molecule has 0 N–H and O–H groups in total. The Morgan fingerprint density at radius 3 is 2.52 bits per heavy atom. The van der Waals surface area contributed by atoms with Crippen LogP contribution in [-0.2, 0) is 9.53 Å². The first-order valence-corrected chi connectivity index (χ1v) is 10.7. The number of nitrogens with zero attached hydrogens (tertiary/aromatic N) is 3. The SMILES string of the molecule is CO[C@H]1CN(C2CCN(C(=O)CCC3CCCC3)CC2)[C@H]1c1ccncc1. The summed E-state index contributed by atoms with van der Waals surface area (Å²) in [6.45, 7) is 2.81. The number of pyridine rings is 1. The van der Waals surface area contributed by atoms with E-state index in [0.717, 1.165) is 51.2 Å². The third-order valence-electron chi connectivity index (χ3n) is 6.98. The van der Waals surface area contributed by atoms with E-state index in [0.29, 0.717) is 18.0 Å². The summed E-state index contributed by atoms with van der Waals surface area (Å²) >= 11 is 0. The zero-order valence-corrected chi connectivity index (χ0v) is 16.6. The minimum atomic E-state index is 0.262. The summed E-state index contributed by atoms with van der Waals surface area (Å²) in [4.78, 5) is 21.4. The van der Waals surface area contributed by atoms with Crippen molar-refractivity contribution in [3.05, 3.63) is 30.1 Å². The molecule has 1 aromatic heterocycles. The minimum absolute atomic E-state index is 0.262. The Morgan fingerprint density at radius 2 is 1.85 bits per heavy atom.